The number of nitriles is 1. The highest BCUT2D eigenvalue weighted by Gasteiger charge is 2.27. The van der Waals surface area contributed by atoms with E-state index < -0.39 is 5.92 Å². The van der Waals surface area contributed by atoms with Crippen LogP contribution in [0.1, 0.15) is 29.4 Å². The minimum atomic E-state index is -0.447. The lowest BCUT2D eigenvalue weighted by Crippen LogP contribution is -2.12. The number of halogens is 1. The van der Waals surface area contributed by atoms with E-state index in [1.807, 2.05) is 30.3 Å². The molecule has 0 aliphatic heterocycles. The Kier molecular flexibility index (Phi) is 4.67. The lowest BCUT2D eigenvalue weighted by atomic mass is 9.81. The predicted octanol–water partition coefficient (Wildman–Crippen LogP) is 3.66. The third-order valence-corrected chi connectivity index (χ3v) is 3.90. The summed E-state index contributed by atoms with van der Waals surface area (Å²) < 4.78 is 13.8. The monoisotopic (exact) mass is 275 g/mol. The number of benzene rings is 1. The summed E-state index contributed by atoms with van der Waals surface area (Å²) in [5.41, 5.74) is 1.38. The van der Waals surface area contributed by atoms with Gasteiger partial charge in [-0.2, -0.15) is 9.65 Å². The lowest BCUT2D eigenvalue weighted by Gasteiger charge is -2.21. The molecule has 1 aromatic carbocycles. The smallest absolute Gasteiger partial charge is 0.179 e. The van der Waals surface area contributed by atoms with Gasteiger partial charge in [0.25, 0.3) is 0 Å². The van der Waals surface area contributed by atoms with Gasteiger partial charge < -0.3 is 5.11 Å². The SMILES string of the molecule is N#C[C@H](c1ccccc1)[C@@H](CCO)c1ccsc1F. The molecule has 0 spiro atoms. The summed E-state index contributed by atoms with van der Waals surface area (Å²) in [4.78, 5) is 0. The molecule has 98 valence electrons. The minimum Gasteiger partial charge on any atom is -0.396 e. The Labute approximate surface area is 115 Å². The van der Waals surface area contributed by atoms with Crippen molar-refractivity contribution in [3.05, 3.63) is 58.0 Å². The van der Waals surface area contributed by atoms with Crippen LogP contribution in [0.4, 0.5) is 4.39 Å². The molecule has 4 heteroatoms. The van der Waals surface area contributed by atoms with Gasteiger partial charge in [-0.05, 0) is 23.4 Å². The molecule has 2 nitrogen and oxygen atoms in total. The summed E-state index contributed by atoms with van der Waals surface area (Å²) in [6, 6.07) is 13.3. The number of aliphatic hydroxyl groups is 1. The summed E-state index contributed by atoms with van der Waals surface area (Å²) in [5.74, 6) is -0.763. The standard InChI is InChI=1S/C15H14FNOS/c16-15-13(7-9-19-15)12(6-8-18)14(10-17)11-4-2-1-3-5-11/h1-5,7,9,12,14,18H,6,8H2/t12-,14+/m0/s1. The van der Waals surface area contributed by atoms with Gasteiger partial charge in [0.05, 0.1) is 12.0 Å². The Morgan fingerprint density at radius 3 is 2.53 bits per heavy atom. The Balaban J connectivity index is 2.38. The van der Waals surface area contributed by atoms with Gasteiger partial charge >= 0.3 is 0 Å². The van der Waals surface area contributed by atoms with Crippen LogP contribution in [0, 0.1) is 16.5 Å². The molecule has 0 aliphatic carbocycles. The van der Waals surface area contributed by atoms with E-state index >= 15 is 0 Å². The van der Waals surface area contributed by atoms with Crippen LogP contribution in [-0.2, 0) is 0 Å². The molecule has 0 saturated carbocycles. The molecule has 1 heterocycles. The van der Waals surface area contributed by atoms with Crippen molar-refractivity contribution in [1.82, 2.24) is 0 Å². The van der Waals surface area contributed by atoms with Gasteiger partial charge in [-0.25, -0.2) is 0 Å². The molecule has 0 unspecified atom stereocenters. The zero-order valence-corrected chi connectivity index (χ0v) is 11.1. The van der Waals surface area contributed by atoms with Gasteiger partial charge in [-0.1, -0.05) is 30.3 Å². The first-order valence-corrected chi connectivity index (χ1v) is 6.94. The first-order valence-electron chi connectivity index (χ1n) is 6.06. The van der Waals surface area contributed by atoms with Crippen LogP contribution >= 0.6 is 11.3 Å². The van der Waals surface area contributed by atoms with Crippen LogP contribution in [-0.4, -0.2) is 11.7 Å². The molecule has 0 saturated heterocycles. The Bertz CT molecular complexity index is 561. The number of hydrogen-bond acceptors (Lipinski definition) is 3. The summed E-state index contributed by atoms with van der Waals surface area (Å²) in [6.45, 7) is -0.0645. The third kappa shape index (κ3) is 3.01. The number of thiophene rings is 1. The van der Waals surface area contributed by atoms with E-state index in [1.165, 1.54) is 0 Å². The average Bonchev–Trinajstić information content (AvgIpc) is 2.86. The molecule has 0 amide bonds. The van der Waals surface area contributed by atoms with E-state index in [4.69, 9.17) is 0 Å². The van der Waals surface area contributed by atoms with E-state index in [0.29, 0.717) is 12.0 Å². The van der Waals surface area contributed by atoms with Crippen LogP contribution in [0.5, 0.6) is 0 Å². The van der Waals surface area contributed by atoms with Gasteiger partial charge in [0.1, 0.15) is 0 Å². The van der Waals surface area contributed by atoms with Crippen molar-refractivity contribution in [1.29, 1.82) is 5.26 Å². The highest BCUT2D eigenvalue weighted by molar-refractivity contribution is 7.08. The third-order valence-electron chi connectivity index (χ3n) is 3.19. The van der Waals surface area contributed by atoms with E-state index in [-0.39, 0.29) is 17.7 Å². The number of aliphatic hydroxyl groups excluding tert-OH is 1. The van der Waals surface area contributed by atoms with Crippen LogP contribution in [0.3, 0.4) is 0 Å². The molecule has 1 aromatic heterocycles. The highest BCUT2D eigenvalue weighted by atomic mass is 32.1. The first-order chi connectivity index (χ1) is 9.27. The van der Waals surface area contributed by atoms with E-state index in [2.05, 4.69) is 6.07 Å². The van der Waals surface area contributed by atoms with Crippen molar-refractivity contribution in [3.63, 3.8) is 0 Å². The second-order valence-corrected chi connectivity index (χ2v) is 5.15. The van der Waals surface area contributed by atoms with Crippen LogP contribution in [0.15, 0.2) is 41.8 Å². The molecule has 2 rings (SSSR count). The number of hydrogen-bond donors (Lipinski definition) is 1. The zero-order valence-electron chi connectivity index (χ0n) is 10.3. The number of rotatable bonds is 5. The Morgan fingerprint density at radius 2 is 2.00 bits per heavy atom. The van der Waals surface area contributed by atoms with Gasteiger partial charge in [-0.15, -0.1) is 11.3 Å². The molecular formula is C15H14FNOS. The maximum atomic E-state index is 13.8. The fourth-order valence-electron chi connectivity index (χ4n) is 2.27. The van der Waals surface area contributed by atoms with E-state index in [9.17, 15) is 14.8 Å². The summed E-state index contributed by atoms with van der Waals surface area (Å²) in [6.07, 6.45) is 0.376. The van der Waals surface area contributed by atoms with Crippen molar-refractivity contribution in [2.75, 3.05) is 6.61 Å². The fraction of sp³-hybridized carbons (Fsp3) is 0.267. The van der Waals surface area contributed by atoms with E-state index in [1.54, 1.807) is 11.4 Å². The van der Waals surface area contributed by atoms with Gasteiger partial charge in [0.15, 0.2) is 5.13 Å². The number of nitrogens with zero attached hydrogens (tertiary/aromatic N) is 1. The van der Waals surface area contributed by atoms with Crippen molar-refractivity contribution in [2.24, 2.45) is 0 Å². The van der Waals surface area contributed by atoms with Crippen LogP contribution in [0.25, 0.3) is 0 Å². The molecule has 1 N–H and O–H groups in total. The molecule has 19 heavy (non-hydrogen) atoms. The van der Waals surface area contributed by atoms with Gasteiger partial charge in [-0.3, -0.25) is 0 Å². The molecule has 0 bridgehead atoms. The Hall–Kier alpha value is -1.70. The quantitative estimate of drug-likeness (QED) is 0.905. The highest BCUT2D eigenvalue weighted by Crippen LogP contribution is 2.37. The zero-order chi connectivity index (χ0) is 13.7. The topological polar surface area (TPSA) is 44.0 Å². The second-order valence-electron chi connectivity index (χ2n) is 4.29. The normalized spacial score (nSPS) is 13.7. The predicted molar refractivity (Wildman–Crippen MR) is 73.5 cm³/mol. The van der Waals surface area contributed by atoms with Crippen LogP contribution < -0.4 is 0 Å². The second kappa shape index (κ2) is 6.46. The molecular weight excluding hydrogens is 261 g/mol. The van der Waals surface area contributed by atoms with Crippen molar-refractivity contribution < 1.29 is 9.50 Å². The largest absolute Gasteiger partial charge is 0.396 e. The van der Waals surface area contributed by atoms with Crippen molar-refractivity contribution >= 4 is 11.3 Å². The first kappa shape index (κ1) is 13.7. The summed E-state index contributed by atoms with van der Waals surface area (Å²) >= 11 is 1.02. The molecule has 2 aromatic rings. The molecule has 0 aliphatic rings. The van der Waals surface area contributed by atoms with Crippen molar-refractivity contribution in [3.8, 4) is 6.07 Å². The summed E-state index contributed by atoms with van der Waals surface area (Å²) in [5, 5.41) is 20.0. The lowest BCUT2D eigenvalue weighted by molar-refractivity contribution is 0.271. The maximum absolute atomic E-state index is 13.8. The fourth-order valence-corrected chi connectivity index (χ4v) is 2.96. The van der Waals surface area contributed by atoms with Crippen molar-refractivity contribution in [2.45, 2.75) is 18.3 Å². The van der Waals surface area contributed by atoms with E-state index in [0.717, 1.165) is 16.9 Å². The maximum Gasteiger partial charge on any atom is 0.179 e. The Morgan fingerprint density at radius 1 is 1.26 bits per heavy atom. The van der Waals surface area contributed by atoms with Crippen LogP contribution in [0.2, 0.25) is 0 Å². The molecule has 2 atom stereocenters. The van der Waals surface area contributed by atoms with Gasteiger partial charge in [0.2, 0.25) is 0 Å². The molecule has 0 fully saturated rings. The van der Waals surface area contributed by atoms with Gasteiger partial charge in [0, 0.05) is 18.1 Å². The minimum absolute atomic E-state index is 0.0645. The summed E-state index contributed by atoms with van der Waals surface area (Å²) in [7, 11) is 0. The average molecular weight is 275 g/mol. The molecule has 0 radical (unpaired) electrons.